The minimum Gasteiger partial charge on any atom is -0.481 e. The van der Waals surface area contributed by atoms with Gasteiger partial charge in [0.25, 0.3) is 5.91 Å². The molecule has 2 aromatic rings. The van der Waals surface area contributed by atoms with Crippen LogP contribution in [0.1, 0.15) is 23.2 Å². The van der Waals surface area contributed by atoms with Crippen LogP contribution in [0.2, 0.25) is 0 Å². The highest BCUT2D eigenvalue weighted by Crippen LogP contribution is 2.22. The van der Waals surface area contributed by atoms with E-state index in [0.717, 1.165) is 37.8 Å². The Bertz CT molecular complexity index is 783. The van der Waals surface area contributed by atoms with Gasteiger partial charge in [0.1, 0.15) is 18.0 Å². The summed E-state index contributed by atoms with van der Waals surface area (Å²) < 4.78 is 5.05. The number of methoxy groups -OCH3 is 1. The number of pyridine rings is 1. The van der Waals surface area contributed by atoms with E-state index in [4.69, 9.17) is 4.74 Å². The number of carbonyl (C=O) groups excluding carboxylic acids is 1. The predicted molar refractivity (Wildman–Crippen MR) is 102 cm³/mol. The van der Waals surface area contributed by atoms with Crippen molar-refractivity contribution in [2.75, 3.05) is 56.2 Å². The number of amides is 1. The largest absolute Gasteiger partial charge is 0.481 e. The highest BCUT2D eigenvalue weighted by molar-refractivity contribution is 5.94. The maximum atomic E-state index is 12.7. The molecule has 0 unspecified atom stereocenters. The smallest absolute Gasteiger partial charge is 0.255 e. The van der Waals surface area contributed by atoms with Crippen molar-refractivity contribution >= 4 is 17.5 Å². The van der Waals surface area contributed by atoms with Gasteiger partial charge in [0.15, 0.2) is 0 Å². The van der Waals surface area contributed by atoms with Gasteiger partial charge in [-0.3, -0.25) is 4.79 Å². The van der Waals surface area contributed by atoms with Crippen molar-refractivity contribution in [3.8, 4) is 5.88 Å². The number of carbonyl (C=O) groups is 1. The standard InChI is InChI=1S/C19H24N6O2/c1-27-18-5-4-15(13-20-18)19(26)25-10-8-24(9-11-25)17-12-16(21-14-22-17)23-6-2-3-7-23/h4-5,12-14H,2-3,6-11H2,1H3. The molecule has 4 heterocycles. The van der Waals surface area contributed by atoms with Crippen LogP contribution < -0.4 is 14.5 Å². The molecule has 2 aliphatic heterocycles. The summed E-state index contributed by atoms with van der Waals surface area (Å²) in [6.45, 7) is 4.96. The van der Waals surface area contributed by atoms with Crippen LogP contribution in [0.5, 0.6) is 5.88 Å². The van der Waals surface area contributed by atoms with Crippen LogP contribution in [-0.2, 0) is 0 Å². The maximum Gasteiger partial charge on any atom is 0.255 e. The van der Waals surface area contributed by atoms with E-state index in [0.29, 0.717) is 24.5 Å². The van der Waals surface area contributed by atoms with Crippen LogP contribution in [-0.4, -0.2) is 72.1 Å². The van der Waals surface area contributed by atoms with Gasteiger partial charge in [-0.2, -0.15) is 0 Å². The van der Waals surface area contributed by atoms with Crippen molar-refractivity contribution in [2.24, 2.45) is 0 Å². The third kappa shape index (κ3) is 3.79. The molecule has 8 heteroatoms. The van der Waals surface area contributed by atoms with Crippen molar-refractivity contribution in [3.63, 3.8) is 0 Å². The van der Waals surface area contributed by atoms with Crippen LogP contribution >= 0.6 is 0 Å². The number of rotatable bonds is 4. The molecule has 0 aromatic carbocycles. The fourth-order valence-corrected chi connectivity index (χ4v) is 3.58. The summed E-state index contributed by atoms with van der Waals surface area (Å²) in [7, 11) is 1.56. The number of hydrogen-bond acceptors (Lipinski definition) is 7. The Morgan fingerprint density at radius 2 is 1.59 bits per heavy atom. The van der Waals surface area contributed by atoms with E-state index >= 15 is 0 Å². The Labute approximate surface area is 158 Å². The summed E-state index contributed by atoms with van der Waals surface area (Å²) in [5.41, 5.74) is 0.586. The molecule has 142 valence electrons. The summed E-state index contributed by atoms with van der Waals surface area (Å²) in [6.07, 6.45) is 5.66. The van der Waals surface area contributed by atoms with Crippen LogP contribution in [0.3, 0.4) is 0 Å². The topological polar surface area (TPSA) is 74.7 Å². The maximum absolute atomic E-state index is 12.7. The zero-order valence-electron chi connectivity index (χ0n) is 15.5. The lowest BCUT2D eigenvalue weighted by Crippen LogP contribution is -2.49. The Kier molecular flexibility index (Phi) is 5.04. The Morgan fingerprint density at radius 3 is 2.19 bits per heavy atom. The second-order valence-corrected chi connectivity index (χ2v) is 6.80. The lowest BCUT2D eigenvalue weighted by Gasteiger charge is -2.35. The highest BCUT2D eigenvalue weighted by Gasteiger charge is 2.24. The minimum atomic E-state index is 0.00486. The van der Waals surface area contributed by atoms with Crippen molar-refractivity contribution in [3.05, 3.63) is 36.3 Å². The first kappa shape index (κ1) is 17.5. The predicted octanol–water partition coefficient (Wildman–Crippen LogP) is 1.44. The summed E-state index contributed by atoms with van der Waals surface area (Å²) in [5.74, 6) is 2.45. The lowest BCUT2D eigenvalue weighted by atomic mass is 10.2. The molecule has 0 aliphatic carbocycles. The third-order valence-corrected chi connectivity index (χ3v) is 5.15. The molecule has 8 nitrogen and oxygen atoms in total. The summed E-state index contributed by atoms with van der Waals surface area (Å²) in [4.78, 5) is 32.0. The van der Waals surface area contributed by atoms with Gasteiger partial charge in [-0.1, -0.05) is 0 Å². The van der Waals surface area contributed by atoms with Crippen LogP contribution in [0.4, 0.5) is 11.6 Å². The van der Waals surface area contributed by atoms with Gasteiger partial charge in [-0.05, 0) is 18.9 Å². The fraction of sp³-hybridized carbons (Fsp3) is 0.474. The number of aromatic nitrogens is 3. The van der Waals surface area contributed by atoms with Crippen LogP contribution in [0, 0.1) is 0 Å². The zero-order chi connectivity index (χ0) is 18.6. The molecule has 0 spiro atoms. The number of ether oxygens (including phenoxy) is 1. The molecule has 0 atom stereocenters. The van der Waals surface area contributed by atoms with Gasteiger partial charge in [0, 0.05) is 57.6 Å². The number of piperazine rings is 1. The van der Waals surface area contributed by atoms with E-state index in [1.165, 1.54) is 12.8 Å². The van der Waals surface area contributed by atoms with E-state index in [1.807, 2.05) is 4.90 Å². The van der Waals surface area contributed by atoms with Crippen LogP contribution in [0.25, 0.3) is 0 Å². The number of nitrogens with zero attached hydrogens (tertiary/aromatic N) is 6. The first-order valence-electron chi connectivity index (χ1n) is 9.36. The molecule has 0 saturated carbocycles. The minimum absolute atomic E-state index is 0.00486. The second kappa shape index (κ2) is 7.77. The first-order valence-corrected chi connectivity index (χ1v) is 9.36. The molecule has 0 bridgehead atoms. The second-order valence-electron chi connectivity index (χ2n) is 6.80. The monoisotopic (exact) mass is 368 g/mol. The van der Waals surface area contributed by atoms with E-state index in [-0.39, 0.29) is 5.91 Å². The summed E-state index contributed by atoms with van der Waals surface area (Å²) in [5, 5.41) is 0. The van der Waals surface area contributed by atoms with Crippen molar-refractivity contribution in [1.82, 2.24) is 19.9 Å². The first-order chi connectivity index (χ1) is 13.2. The Morgan fingerprint density at radius 1 is 0.926 bits per heavy atom. The molecular formula is C19H24N6O2. The van der Waals surface area contributed by atoms with Gasteiger partial charge in [0.05, 0.1) is 12.7 Å². The normalized spacial score (nSPS) is 17.3. The highest BCUT2D eigenvalue weighted by atomic mass is 16.5. The molecule has 2 aromatic heterocycles. The molecule has 4 rings (SSSR count). The van der Waals surface area contributed by atoms with E-state index < -0.39 is 0 Å². The quantitative estimate of drug-likeness (QED) is 0.808. The van der Waals surface area contributed by atoms with E-state index in [1.54, 1.807) is 31.8 Å². The molecule has 27 heavy (non-hydrogen) atoms. The third-order valence-electron chi connectivity index (χ3n) is 5.15. The molecule has 0 N–H and O–H groups in total. The van der Waals surface area contributed by atoms with Crippen molar-refractivity contribution < 1.29 is 9.53 Å². The summed E-state index contributed by atoms with van der Waals surface area (Å²) in [6, 6.07) is 5.54. The van der Waals surface area contributed by atoms with Crippen LogP contribution in [0.15, 0.2) is 30.7 Å². The Hall–Kier alpha value is -2.90. The van der Waals surface area contributed by atoms with Gasteiger partial charge < -0.3 is 19.4 Å². The Balaban J connectivity index is 1.38. The lowest BCUT2D eigenvalue weighted by molar-refractivity contribution is 0.0746. The van der Waals surface area contributed by atoms with Crippen molar-refractivity contribution in [1.29, 1.82) is 0 Å². The summed E-state index contributed by atoms with van der Waals surface area (Å²) >= 11 is 0. The fourth-order valence-electron chi connectivity index (χ4n) is 3.58. The SMILES string of the molecule is COc1ccc(C(=O)N2CCN(c3cc(N4CCCC4)ncn3)CC2)cn1. The average Bonchev–Trinajstić information content (AvgIpc) is 3.29. The average molecular weight is 368 g/mol. The molecule has 1 amide bonds. The van der Waals surface area contributed by atoms with E-state index in [2.05, 4.69) is 30.8 Å². The molecule has 2 fully saturated rings. The molecule has 0 radical (unpaired) electrons. The van der Waals surface area contributed by atoms with Gasteiger partial charge >= 0.3 is 0 Å². The number of anilines is 2. The van der Waals surface area contributed by atoms with E-state index in [9.17, 15) is 4.79 Å². The van der Waals surface area contributed by atoms with Gasteiger partial charge in [0.2, 0.25) is 5.88 Å². The molecule has 2 aliphatic rings. The van der Waals surface area contributed by atoms with Gasteiger partial charge in [-0.25, -0.2) is 15.0 Å². The molecule has 2 saturated heterocycles. The number of hydrogen-bond donors (Lipinski definition) is 0. The molecular weight excluding hydrogens is 344 g/mol. The van der Waals surface area contributed by atoms with Crippen molar-refractivity contribution in [2.45, 2.75) is 12.8 Å². The van der Waals surface area contributed by atoms with Gasteiger partial charge in [-0.15, -0.1) is 0 Å². The zero-order valence-corrected chi connectivity index (χ0v) is 15.5.